The minimum absolute atomic E-state index is 0.221. The number of aliphatic hydroxyl groups is 1. The van der Waals surface area contributed by atoms with Crippen LogP contribution in [0.3, 0.4) is 0 Å². The Kier molecular flexibility index (Phi) is 5.33. The van der Waals surface area contributed by atoms with Crippen LogP contribution >= 0.6 is 0 Å². The lowest BCUT2D eigenvalue weighted by Gasteiger charge is -2.27. The molecule has 1 aliphatic rings. The highest BCUT2D eigenvalue weighted by Gasteiger charge is 2.47. The second kappa shape index (κ2) is 7.02. The Labute approximate surface area is 124 Å². The van der Waals surface area contributed by atoms with E-state index in [-0.39, 0.29) is 13.0 Å². The summed E-state index contributed by atoms with van der Waals surface area (Å²) in [6.07, 6.45) is -1.22. The lowest BCUT2D eigenvalue weighted by atomic mass is 10.00. The van der Waals surface area contributed by atoms with Crippen molar-refractivity contribution in [3.05, 3.63) is 35.9 Å². The van der Waals surface area contributed by atoms with Crippen molar-refractivity contribution in [2.45, 2.75) is 44.7 Å². The molecular formula is C16H22O5. The number of esters is 1. The van der Waals surface area contributed by atoms with Gasteiger partial charge in [-0.3, -0.25) is 0 Å². The van der Waals surface area contributed by atoms with Crippen LogP contribution in [0.5, 0.6) is 0 Å². The van der Waals surface area contributed by atoms with E-state index in [4.69, 9.17) is 14.2 Å². The standard InChI is InChI=1S/C16H22O5/c1-3-20-15(18)13-9-14(17)16(2,21-13)11-19-10-12-7-5-4-6-8-12/h4-8,13-14,17H,3,9-11H2,1-2H3/t13-,14-,16+/m1/s1. The van der Waals surface area contributed by atoms with Gasteiger partial charge in [0.15, 0.2) is 6.10 Å². The van der Waals surface area contributed by atoms with Crippen LogP contribution in [0.15, 0.2) is 30.3 Å². The van der Waals surface area contributed by atoms with Gasteiger partial charge in [0, 0.05) is 6.42 Å². The molecule has 0 aromatic heterocycles. The van der Waals surface area contributed by atoms with Crippen LogP contribution in [0.25, 0.3) is 0 Å². The second-order valence-corrected chi connectivity index (χ2v) is 5.40. The highest BCUT2D eigenvalue weighted by molar-refractivity contribution is 5.75. The first-order valence-corrected chi connectivity index (χ1v) is 7.19. The normalized spacial score (nSPS) is 28.5. The SMILES string of the molecule is CCOC(=O)[C@H]1C[C@@H](O)[C@](C)(COCc2ccccc2)O1. The molecule has 5 nitrogen and oxygen atoms in total. The van der Waals surface area contributed by atoms with E-state index in [1.54, 1.807) is 13.8 Å². The maximum Gasteiger partial charge on any atom is 0.335 e. The van der Waals surface area contributed by atoms with Gasteiger partial charge in [-0.25, -0.2) is 4.79 Å². The van der Waals surface area contributed by atoms with Gasteiger partial charge in [0.1, 0.15) is 5.60 Å². The first-order valence-electron chi connectivity index (χ1n) is 7.19. The van der Waals surface area contributed by atoms with Crippen LogP contribution in [-0.4, -0.2) is 42.1 Å². The zero-order chi connectivity index (χ0) is 15.3. The summed E-state index contributed by atoms with van der Waals surface area (Å²) in [6, 6.07) is 9.76. The molecule has 0 aliphatic carbocycles. The van der Waals surface area contributed by atoms with Crippen LogP contribution in [0.1, 0.15) is 25.8 Å². The highest BCUT2D eigenvalue weighted by atomic mass is 16.6. The molecule has 1 fully saturated rings. The van der Waals surface area contributed by atoms with E-state index in [0.29, 0.717) is 13.2 Å². The summed E-state index contributed by atoms with van der Waals surface area (Å²) < 4.78 is 16.2. The molecule has 1 aromatic rings. The number of hydrogen-bond acceptors (Lipinski definition) is 5. The largest absolute Gasteiger partial charge is 0.464 e. The van der Waals surface area contributed by atoms with Gasteiger partial charge in [0.2, 0.25) is 0 Å². The van der Waals surface area contributed by atoms with Crippen molar-refractivity contribution < 1.29 is 24.1 Å². The first-order chi connectivity index (χ1) is 10.0. The fourth-order valence-corrected chi connectivity index (χ4v) is 2.36. The Morgan fingerprint density at radius 3 is 2.81 bits per heavy atom. The molecule has 3 atom stereocenters. The molecule has 0 spiro atoms. The maximum absolute atomic E-state index is 11.7. The van der Waals surface area contributed by atoms with Crippen molar-refractivity contribution in [3.63, 3.8) is 0 Å². The molecule has 0 bridgehead atoms. The second-order valence-electron chi connectivity index (χ2n) is 5.40. The number of ether oxygens (including phenoxy) is 3. The number of benzene rings is 1. The maximum atomic E-state index is 11.7. The van der Waals surface area contributed by atoms with E-state index in [9.17, 15) is 9.90 Å². The van der Waals surface area contributed by atoms with Gasteiger partial charge in [-0.1, -0.05) is 30.3 Å². The van der Waals surface area contributed by atoms with Crippen LogP contribution < -0.4 is 0 Å². The summed E-state index contributed by atoms with van der Waals surface area (Å²) in [4.78, 5) is 11.7. The molecule has 1 aromatic carbocycles. The summed E-state index contributed by atoms with van der Waals surface area (Å²) in [6.45, 7) is 4.46. The van der Waals surface area contributed by atoms with E-state index in [1.807, 2.05) is 30.3 Å². The van der Waals surface area contributed by atoms with E-state index in [2.05, 4.69) is 0 Å². The van der Waals surface area contributed by atoms with Crippen LogP contribution in [0.2, 0.25) is 0 Å². The predicted octanol–water partition coefficient (Wildman–Crippen LogP) is 1.67. The van der Waals surface area contributed by atoms with E-state index in [1.165, 1.54) is 0 Å². The van der Waals surface area contributed by atoms with Crippen LogP contribution in [0, 0.1) is 0 Å². The van der Waals surface area contributed by atoms with Gasteiger partial charge >= 0.3 is 5.97 Å². The Bertz CT molecular complexity index is 461. The summed E-state index contributed by atoms with van der Waals surface area (Å²) in [5.74, 6) is -0.427. The van der Waals surface area contributed by atoms with Crippen molar-refractivity contribution in [1.82, 2.24) is 0 Å². The quantitative estimate of drug-likeness (QED) is 0.809. The van der Waals surface area contributed by atoms with Gasteiger partial charge in [-0.05, 0) is 19.4 Å². The molecular weight excluding hydrogens is 272 g/mol. The van der Waals surface area contributed by atoms with E-state index >= 15 is 0 Å². The minimum Gasteiger partial charge on any atom is -0.464 e. The molecule has 0 unspecified atom stereocenters. The van der Waals surface area contributed by atoms with Crippen LogP contribution in [0.4, 0.5) is 0 Å². The Balaban J connectivity index is 1.85. The molecule has 0 saturated carbocycles. The Morgan fingerprint density at radius 1 is 1.43 bits per heavy atom. The van der Waals surface area contributed by atoms with Gasteiger partial charge in [0.25, 0.3) is 0 Å². The monoisotopic (exact) mass is 294 g/mol. The lowest BCUT2D eigenvalue weighted by Crippen LogP contribution is -2.41. The first kappa shape index (κ1) is 15.9. The van der Waals surface area contributed by atoms with Crippen LogP contribution in [-0.2, 0) is 25.6 Å². The average molecular weight is 294 g/mol. The minimum atomic E-state index is -0.883. The average Bonchev–Trinajstić information content (AvgIpc) is 2.77. The summed E-state index contributed by atoms with van der Waals surface area (Å²) >= 11 is 0. The molecule has 5 heteroatoms. The van der Waals surface area contributed by atoms with Gasteiger partial charge in [-0.15, -0.1) is 0 Å². The molecule has 1 N–H and O–H groups in total. The van der Waals surface area contributed by atoms with E-state index < -0.39 is 23.8 Å². The Morgan fingerprint density at radius 2 is 2.14 bits per heavy atom. The third-order valence-corrected chi connectivity index (χ3v) is 3.60. The lowest BCUT2D eigenvalue weighted by molar-refractivity contribution is -0.166. The number of aliphatic hydroxyl groups excluding tert-OH is 1. The molecule has 1 aliphatic heterocycles. The molecule has 2 rings (SSSR count). The summed E-state index contributed by atoms with van der Waals surface area (Å²) in [5, 5.41) is 10.1. The highest BCUT2D eigenvalue weighted by Crippen LogP contribution is 2.31. The molecule has 116 valence electrons. The molecule has 21 heavy (non-hydrogen) atoms. The third kappa shape index (κ3) is 4.03. The number of rotatable bonds is 6. The topological polar surface area (TPSA) is 65.0 Å². The molecule has 1 heterocycles. The number of carbonyl (C=O) groups excluding carboxylic acids is 1. The zero-order valence-corrected chi connectivity index (χ0v) is 12.5. The van der Waals surface area contributed by atoms with Gasteiger partial charge in [0.05, 0.1) is 25.9 Å². The van der Waals surface area contributed by atoms with Crippen molar-refractivity contribution in [3.8, 4) is 0 Å². The molecule has 0 radical (unpaired) electrons. The molecule has 1 saturated heterocycles. The molecule has 0 amide bonds. The summed E-state index contributed by atoms with van der Waals surface area (Å²) in [5.41, 5.74) is 0.169. The van der Waals surface area contributed by atoms with Crippen molar-refractivity contribution in [2.24, 2.45) is 0 Å². The third-order valence-electron chi connectivity index (χ3n) is 3.60. The number of carbonyl (C=O) groups is 1. The fourth-order valence-electron chi connectivity index (χ4n) is 2.36. The van der Waals surface area contributed by atoms with Crippen molar-refractivity contribution in [1.29, 1.82) is 0 Å². The van der Waals surface area contributed by atoms with Crippen molar-refractivity contribution >= 4 is 5.97 Å². The van der Waals surface area contributed by atoms with Gasteiger partial charge in [-0.2, -0.15) is 0 Å². The fraction of sp³-hybridized carbons (Fsp3) is 0.562. The van der Waals surface area contributed by atoms with Crippen molar-refractivity contribution in [2.75, 3.05) is 13.2 Å². The smallest absolute Gasteiger partial charge is 0.335 e. The summed E-state index contributed by atoms with van der Waals surface area (Å²) in [7, 11) is 0. The predicted molar refractivity (Wildman–Crippen MR) is 76.6 cm³/mol. The zero-order valence-electron chi connectivity index (χ0n) is 12.5. The van der Waals surface area contributed by atoms with E-state index in [0.717, 1.165) is 5.56 Å². The van der Waals surface area contributed by atoms with Gasteiger partial charge < -0.3 is 19.3 Å². The number of hydrogen-bond donors (Lipinski definition) is 1. The Hall–Kier alpha value is -1.43.